The van der Waals surface area contributed by atoms with Gasteiger partial charge in [-0.15, -0.1) is 0 Å². The third kappa shape index (κ3) is 7.50. The van der Waals surface area contributed by atoms with Crippen molar-refractivity contribution < 1.29 is 18.0 Å². The summed E-state index contributed by atoms with van der Waals surface area (Å²) in [5.74, 6) is -0.874. The molecular weight excluding hydrogens is 461 g/mol. The average Bonchev–Trinajstić information content (AvgIpc) is 2.70. The molecule has 0 heterocycles. The summed E-state index contributed by atoms with van der Waals surface area (Å²) in [7, 11) is -2.22. The van der Waals surface area contributed by atoms with E-state index in [0.29, 0.717) is 15.6 Å². The molecule has 168 valence electrons. The zero-order chi connectivity index (χ0) is 23.2. The molecule has 0 bridgehead atoms. The highest BCUT2D eigenvalue weighted by atomic mass is 35.5. The fourth-order valence-electron chi connectivity index (χ4n) is 2.76. The summed E-state index contributed by atoms with van der Waals surface area (Å²) in [4.78, 5) is 27.1. The Morgan fingerprint density at radius 3 is 2.32 bits per heavy atom. The van der Waals surface area contributed by atoms with Gasteiger partial charge in [-0.05, 0) is 30.2 Å². The van der Waals surface area contributed by atoms with Crippen LogP contribution in [0.3, 0.4) is 0 Å². The number of halogens is 2. The van der Waals surface area contributed by atoms with Crippen molar-refractivity contribution in [2.24, 2.45) is 0 Å². The molecular formula is C21H25Cl2N3O4S. The zero-order valence-corrected chi connectivity index (χ0v) is 19.8. The van der Waals surface area contributed by atoms with Crippen LogP contribution in [0.5, 0.6) is 0 Å². The van der Waals surface area contributed by atoms with Crippen LogP contribution in [-0.4, -0.2) is 55.3 Å². The summed E-state index contributed by atoms with van der Waals surface area (Å²) < 4.78 is 24.4. The molecule has 2 aromatic rings. The monoisotopic (exact) mass is 485 g/mol. The van der Waals surface area contributed by atoms with Gasteiger partial charge in [-0.2, -0.15) is 4.31 Å². The predicted octanol–water partition coefficient (Wildman–Crippen LogP) is 2.92. The molecule has 2 amide bonds. The van der Waals surface area contributed by atoms with Crippen LogP contribution in [0, 0.1) is 0 Å². The lowest BCUT2D eigenvalue weighted by atomic mass is 10.1. The number of carbonyl (C=O) groups excluding carboxylic acids is 2. The fraction of sp³-hybridized carbons (Fsp3) is 0.333. The number of rotatable bonds is 9. The Kier molecular flexibility index (Phi) is 8.88. The van der Waals surface area contributed by atoms with Crippen LogP contribution in [0.2, 0.25) is 10.0 Å². The third-order valence-electron chi connectivity index (χ3n) is 4.76. The fourth-order valence-corrected chi connectivity index (χ4v) is 3.58. The average molecular weight is 486 g/mol. The second kappa shape index (κ2) is 10.9. The summed E-state index contributed by atoms with van der Waals surface area (Å²) in [6.07, 6.45) is 1.02. The Morgan fingerprint density at radius 1 is 1.10 bits per heavy atom. The van der Waals surface area contributed by atoms with Crippen LogP contribution >= 0.6 is 23.2 Å². The first-order valence-electron chi connectivity index (χ1n) is 9.45. The van der Waals surface area contributed by atoms with Gasteiger partial charge >= 0.3 is 0 Å². The second-order valence-electron chi connectivity index (χ2n) is 7.16. The largest absolute Gasteiger partial charge is 0.350 e. The van der Waals surface area contributed by atoms with Crippen molar-refractivity contribution in [3.8, 4) is 0 Å². The van der Waals surface area contributed by atoms with E-state index in [9.17, 15) is 18.0 Å². The predicted molar refractivity (Wildman–Crippen MR) is 122 cm³/mol. The maximum absolute atomic E-state index is 12.9. The lowest BCUT2D eigenvalue weighted by Gasteiger charge is -2.30. The van der Waals surface area contributed by atoms with E-state index >= 15 is 0 Å². The Labute approximate surface area is 193 Å². The van der Waals surface area contributed by atoms with Crippen LogP contribution in [0.1, 0.15) is 18.1 Å². The number of hydrogen-bond donors (Lipinski definition) is 1. The molecule has 31 heavy (non-hydrogen) atoms. The Morgan fingerprint density at radius 2 is 1.74 bits per heavy atom. The van der Waals surface area contributed by atoms with Gasteiger partial charge in [0.1, 0.15) is 6.04 Å². The van der Waals surface area contributed by atoms with E-state index in [0.717, 1.165) is 16.1 Å². The summed E-state index contributed by atoms with van der Waals surface area (Å²) in [6.45, 7) is 1.55. The number of hydrogen-bond acceptors (Lipinski definition) is 4. The summed E-state index contributed by atoms with van der Waals surface area (Å²) in [6, 6.07) is 13.3. The van der Waals surface area contributed by atoms with Crippen molar-refractivity contribution in [2.75, 3.05) is 19.8 Å². The van der Waals surface area contributed by atoms with Gasteiger partial charge in [0.2, 0.25) is 21.8 Å². The molecule has 0 aliphatic rings. The molecule has 0 radical (unpaired) electrons. The molecule has 0 aliphatic carbocycles. The molecule has 0 fully saturated rings. The number of likely N-dealkylation sites (N-methyl/N-ethyl adjacent to an activating group) is 1. The van der Waals surface area contributed by atoms with Crippen LogP contribution in [0.25, 0.3) is 0 Å². The maximum Gasteiger partial charge on any atom is 0.242 e. The zero-order valence-electron chi connectivity index (χ0n) is 17.5. The third-order valence-corrected chi connectivity index (χ3v) is 6.60. The highest BCUT2D eigenvalue weighted by Gasteiger charge is 2.28. The van der Waals surface area contributed by atoms with E-state index in [1.165, 1.54) is 11.9 Å². The molecule has 1 atom stereocenters. The lowest BCUT2D eigenvalue weighted by molar-refractivity contribution is -0.140. The Bertz CT molecular complexity index is 1030. The highest BCUT2D eigenvalue weighted by Crippen LogP contribution is 2.21. The number of benzene rings is 2. The summed E-state index contributed by atoms with van der Waals surface area (Å²) >= 11 is 12.0. The molecule has 0 aromatic heterocycles. The second-order valence-corrected chi connectivity index (χ2v) is 10.1. The molecule has 1 N–H and O–H groups in total. The minimum Gasteiger partial charge on any atom is -0.350 e. The van der Waals surface area contributed by atoms with Gasteiger partial charge in [0.15, 0.2) is 0 Å². The van der Waals surface area contributed by atoms with Crippen LogP contribution in [-0.2, 0) is 32.7 Å². The number of carbonyl (C=O) groups is 2. The van der Waals surface area contributed by atoms with Crippen molar-refractivity contribution in [3.05, 3.63) is 69.7 Å². The van der Waals surface area contributed by atoms with Crippen molar-refractivity contribution in [3.63, 3.8) is 0 Å². The first-order valence-corrected chi connectivity index (χ1v) is 12.1. The molecule has 2 rings (SSSR count). The summed E-state index contributed by atoms with van der Waals surface area (Å²) in [5, 5.41) is 3.68. The van der Waals surface area contributed by atoms with E-state index in [2.05, 4.69) is 5.32 Å². The van der Waals surface area contributed by atoms with Gasteiger partial charge in [-0.25, -0.2) is 8.42 Å². The number of nitrogens with one attached hydrogen (secondary N) is 1. The van der Waals surface area contributed by atoms with E-state index in [1.807, 2.05) is 30.3 Å². The van der Waals surface area contributed by atoms with Gasteiger partial charge in [0.05, 0.1) is 12.8 Å². The Hall–Kier alpha value is -2.13. The quantitative estimate of drug-likeness (QED) is 0.591. The molecule has 0 saturated carbocycles. The number of amides is 2. The normalized spacial score (nSPS) is 12.5. The van der Waals surface area contributed by atoms with E-state index in [4.69, 9.17) is 23.2 Å². The van der Waals surface area contributed by atoms with Gasteiger partial charge in [-0.3, -0.25) is 9.59 Å². The van der Waals surface area contributed by atoms with Crippen molar-refractivity contribution >= 4 is 45.0 Å². The van der Waals surface area contributed by atoms with Crippen LogP contribution in [0.4, 0.5) is 0 Å². The highest BCUT2D eigenvalue weighted by molar-refractivity contribution is 7.88. The van der Waals surface area contributed by atoms with Crippen molar-refractivity contribution in [2.45, 2.75) is 26.1 Å². The minimum absolute atomic E-state index is 0.160. The van der Waals surface area contributed by atoms with Gasteiger partial charge in [-0.1, -0.05) is 59.6 Å². The summed E-state index contributed by atoms with van der Waals surface area (Å²) in [5.41, 5.74) is 1.50. The topological polar surface area (TPSA) is 86.8 Å². The molecule has 0 spiro atoms. The van der Waals surface area contributed by atoms with Gasteiger partial charge < -0.3 is 10.2 Å². The van der Waals surface area contributed by atoms with Crippen LogP contribution in [0.15, 0.2) is 48.5 Å². The van der Waals surface area contributed by atoms with Crippen molar-refractivity contribution in [1.29, 1.82) is 0 Å². The first-order chi connectivity index (χ1) is 14.5. The Balaban J connectivity index is 2.16. The molecule has 10 heteroatoms. The minimum atomic E-state index is -3.54. The molecule has 2 aromatic carbocycles. The standard InChI is InChI=1S/C21H25Cl2N3O4S/c1-15(21(28)24-12-17-9-10-18(22)11-19(17)23)26(13-16-7-5-4-6-8-16)20(27)14-25(2)31(3,29)30/h4-11,15H,12-14H2,1-3H3,(H,24,28)/t15-/m1/s1. The molecule has 0 aliphatic heterocycles. The molecule has 0 saturated heterocycles. The SMILES string of the molecule is C[C@H](C(=O)NCc1ccc(Cl)cc1Cl)N(Cc1ccccc1)C(=O)CN(C)S(C)(=O)=O. The maximum atomic E-state index is 12.9. The number of sulfonamides is 1. The number of nitrogens with zero attached hydrogens (tertiary/aromatic N) is 2. The van der Waals surface area contributed by atoms with Crippen molar-refractivity contribution in [1.82, 2.24) is 14.5 Å². The van der Waals surface area contributed by atoms with E-state index < -0.39 is 27.9 Å². The lowest BCUT2D eigenvalue weighted by Crippen LogP contribution is -2.50. The smallest absolute Gasteiger partial charge is 0.242 e. The molecule has 0 unspecified atom stereocenters. The van der Waals surface area contributed by atoms with Gasteiger partial charge in [0.25, 0.3) is 0 Å². The van der Waals surface area contributed by atoms with E-state index in [1.54, 1.807) is 25.1 Å². The van der Waals surface area contributed by atoms with E-state index in [-0.39, 0.29) is 19.6 Å². The van der Waals surface area contributed by atoms with Crippen LogP contribution < -0.4 is 5.32 Å². The molecule has 7 nitrogen and oxygen atoms in total. The van der Waals surface area contributed by atoms with Gasteiger partial charge in [0, 0.05) is 30.2 Å². The first kappa shape index (κ1) is 25.1.